The normalized spacial score (nSPS) is 31.1. The molecule has 2 fully saturated rings. The second-order valence-electron chi connectivity index (χ2n) is 4.29. The lowest BCUT2D eigenvalue weighted by Gasteiger charge is -2.57. The SMILES string of the molecule is CC(CO)N1CC2(CCC2)C1. The van der Waals surface area contributed by atoms with Crippen molar-refractivity contribution < 1.29 is 5.11 Å². The Balaban J connectivity index is 1.78. The smallest absolute Gasteiger partial charge is 0.0584 e. The van der Waals surface area contributed by atoms with E-state index in [4.69, 9.17) is 5.11 Å². The van der Waals surface area contributed by atoms with Gasteiger partial charge in [-0.1, -0.05) is 6.42 Å². The van der Waals surface area contributed by atoms with Crippen LogP contribution in [0.25, 0.3) is 0 Å². The highest BCUT2D eigenvalue weighted by Crippen LogP contribution is 2.48. The fourth-order valence-corrected chi connectivity index (χ4v) is 2.24. The van der Waals surface area contributed by atoms with E-state index >= 15 is 0 Å². The second-order valence-corrected chi connectivity index (χ2v) is 4.29. The van der Waals surface area contributed by atoms with E-state index in [-0.39, 0.29) is 0 Å². The van der Waals surface area contributed by atoms with Crippen LogP contribution in [0.5, 0.6) is 0 Å². The Morgan fingerprint density at radius 2 is 2.09 bits per heavy atom. The number of nitrogens with zero attached hydrogens (tertiary/aromatic N) is 1. The zero-order chi connectivity index (χ0) is 7.90. The third kappa shape index (κ3) is 1.09. The standard InChI is InChI=1S/C9H17NO/c1-8(5-11)10-6-9(7-10)3-2-4-9/h8,11H,2-7H2,1H3. The first kappa shape index (κ1) is 7.56. The molecule has 11 heavy (non-hydrogen) atoms. The van der Waals surface area contributed by atoms with Crippen molar-refractivity contribution in [2.24, 2.45) is 5.41 Å². The lowest BCUT2D eigenvalue weighted by Crippen LogP contribution is -2.62. The minimum atomic E-state index is 0.316. The molecule has 1 saturated heterocycles. The van der Waals surface area contributed by atoms with Gasteiger partial charge in [0.2, 0.25) is 0 Å². The average molecular weight is 155 g/mol. The van der Waals surface area contributed by atoms with Gasteiger partial charge in [0.1, 0.15) is 0 Å². The van der Waals surface area contributed by atoms with Gasteiger partial charge in [0.05, 0.1) is 6.61 Å². The summed E-state index contributed by atoms with van der Waals surface area (Å²) in [5.41, 5.74) is 0.712. The summed E-state index contributed by atoms with van der Waals surface area (Å²) in [4.78, 5) is 2.39. The van der Waals surface area contributed by atoms with Crippen LogP contribution in [0.2, 0.25) is 0 Å². The van der Waals surface area contributed by atoms with Crippen LogP contribution in [-0.4, -0.2) is 35.7 Å². The van der Waals surface area contributed by atoms with Gasteiger partial charge in [0.15, 0.2) is 0 Å². The molecule has 2 heteroatoms. The van der Waals surface area contributed by atoms with Crippen molar-refractivity contribution >= 4 is 0 Å². The topological polar surface area (TPSA) is 23.5 Å². The van der Waals surface area contributed by atoms with Gasteiger partial charge in [-0.25, -0.2) is 0 Å². The number of likely N-dealkylation sites (tertiary alicyclic amines) is 1. The monoisotopic (exact) mass is 155 g/mol. The molecule has 1 atom stereocenters. The first-order chi connectivity index (χ1) is 5.26. The van der Waals surface area contributed by atoms with E-state index in [9.17, 15) is 0 Å². The highest BCUT2D eigenvalue weighted by atomic mass is 16.3. The van der Waals surface area contributed by atoms with Gasteiger partial charge in [-0.2, -0.15) is 0 Å². The van der Waals surface area contributed by atoms with Crippen molar-refractivity contribution in [3.05, 3.63) is 0 Å². The van der Waals surface area contributed by atoms with Crippen LogP contribution in [0.1, 0.15) is 26.2 Å². The second kappa shape index (κ2) is 2.46. The third-order valence-corrected chi connectivity index (χ3v) is 3.38. The van der Waals surface area contributed by atoms with Gasteiger partial charge in [-0.15, -0.1) is 0 Å². The zero-order valence-corrected chi connectivity index (χ0v) is 7.21. The Morgan fingerprint density at radius 3 is 2.45 bits per heavy atom. The van der Waals surface area contributed by atoms with E-state index in [1.165, 1.54) is 32.4 Å². The number of rotatable bonds is 2. The van der Waals surface area contributed by atoms with Gasteiger partial charge >= 0.3 is 0 Å². The Labute approximate surface area is 68.2 Å². The number of hydrogen-bond acceptors (Lipinski definition) is 2. The number of aliphatic hydroxyl groups is 1. The molecule has 1 saturated carbocycles. The third-order valence-electron chi connectivity index (χ3n) is 3.38. The van der Waals surface area contributed by atoms with Crippen molar-refractivity contribution in [2.45, 2.75) is 32.2 Å². The Bertz CT molecular complexity index is 146. The predicted molar refractivity (Wildman–Crippen MR) is 44.4 cm³/mol. The summed E-state index contributed by atoms with van der Waals surface area (Å²) in [6, 6.07) is 0.390. The Morgan fingerprint density at radius 1 is 1.45 bits per heavy atom. The summed E-state index contributed by atoms with van der Waals surface area (Å²) >= 11 is 0. The van der Waals surface area contributed by atoms with Crippen molar-refractivity contribution in [3.63, 3.8) is 0 Å². The molecule has 0 radical (unpaired) electrons. The average Bonchev–Trinajstić information content (AvgIpc) is 1.81. The van der Waals surface area contributed by atoms with E-state index in [1.807, 2.05) is 0 Å². The van der Waals surface area contributed by atoms with E-state index < -0.39 is 0 Å². The van der Waals surface area contributed by atoms with E-state index in [2.05, 4.69) is 11.8 Å². The molecule has 1 aliphatic carbocycles. The van der Waals surface area contributed by atoms with Crippen LogP contribution in [0.3, 0.4) is 0 Å². The molecule has 1 aliphatic heterocycles. The van der Waals surface area contributed by atoms with Gasteiger partial charge in [0, 0.05) is 19.1 Å². The zero-order valence-electron chi connectivity index (χ0n) is 7.21. The molecule has 1 spiro atoms. The maximum Gasteiger partial charge on any atom is 0.0584 e. The fourth-order valence-electron chi connectivity index (χ4n) is 2.24. The van der Waals surface area contributed by atoms with Crippen LogP contribution in [0.4, 0.5) is 0 Å². The Hall–Kier alpha value is -0.0800. The maximum atomic E-state index is 8.89. The van der Waals surface area contributed by atoms with Crippen molar-refractivity contribution in [2.75, 3.05) is 19.7 Å². The van der Waals surface area contributed by atoms with Crippen molar-refractivity contribution in [3.8, 4) is 0 Å². The molecule has 0 aromatic heterocycles. The minimum absolute atomic E-state index is 0.316. The predicted octanol–water partition coefficient (Wildman–Crippen LogP) is 0.853. The molecule has 2 nitrogen and oxygen atoms in total. The van der Waals surface area contributed by atoms with Crippen molar-refractivity contribution in [1.82, 2.24) is 4.90 Å². The molecule has 1 N–H and O–H groups in total. The number of hydrogen-bond donors (Lipinski definition) is 1. The van der Waals surface area contributed by atoms with Gasteiger partial charge in [0.25, 0.3) is 0 Å². The van der Waals surface area contributed by atoms with Gasteiger partial charge in [-0.05, 0) is 25.2 Å². The molecule has 2 rings (SSSR count). The van der Waals surface area contributed by atoms with Crippen LogP contribution >= 0.6 is 0 Å². The molecule has 2 aliphatic rings. The maximum absolute atomic E-state index is 8.89. The summed E-state index contributed by atoms with van der Waals surface area (Å²) in [5.74, 6) is 0. The highest BCUT2D eigenvalue weighted by Gasteiger charge is 2.48. The van der Waals surface area contributed by atoms with Crippen molar-refractivity contribution in [1.29, 1.82) is 0 Å². The quantitative estimate of drug-likeness (QED) is 0.639. The van der Waals surface area contributed by atoms with Crippen LogP contribution in [-0.2, 0) is 0 Å². The van der Waals surface area contributed by atoms with Crippen LogP contribution < -0.4 is 0 Å². The fraction of sp³-hybridized carbons (Fsp3) is 1.00. The van der Waals surface area contributed by atoms with Crippen LogP contribution in [0.15, 0.2) is 0 Å². The minimum Gasteiger partial charge on any atom is -0.395 e. The summed E-state index contributed by atoms with van der Waals surface area (Å²) in [6.45, 7) is 4.91. The Kier molecular flexibility index (Phi) is 1.69. The molecular weight excluding hydrogens is 138 g/mol. The molecule has 0 aromatic rings. The summed E-state index contributed by atoms with van der Waals surface area (Å²) in [7, 11) is 0. The lowest BCUT2D eigenvalue weighted by molar-refractivity contribution is -0.0878. The first-order valence-corrected chi connectivity index (χ1v) is 4.61. The largest absolute Gasteiger partial charge is 0.395 e. The molecule has 0 bridgehead atoms. The highest BCUT2D eigenvalue weighted by molar-refractivity contribution is 5.01. The molecule has 1 unspecified atom stereocenters. The molecule has 1 heterocycles. The van der Waals surface area contributed by atoms with Crippen LogP contribution in [0, 0.1) is 5.41 Å². The van der Waals surface area contributed by atoms with Gasteiger partial charge in [-0.3, -0.25) is 4.90 Å². The van der Waals surface area contributed by atoms with E-state index in [0.29, 0.717) is 18.1 Å². The molecule has 0 aromatic carbocycles. The first-order valence-electron chi connectivity index (χ1n) is 4.61. The van der Waals surface area contributed by atoms with E-state index in [0.717, 1.165) is 0 Å². The molecular formula is C9H17NO. The lowest BCUT2D eigenvalue weighted by atomic mass is 9.63. The van der Waals surface area contributed by atoms with Gasteiger partial charge < -0.3 is 5.11 Å². The molecule has 0 amide bonds. The summed E-state index contributed by atoms with van der Waals surface area (Å²) in [5, 5.41) is 8.89. The number of aliphatic hydroxyl groups excluding tert-OH is 1. The van der Waals surface area contributed by atoms with E-state index in [1.54, 1.807) is 0 Å². The summed E-state index contributed by atoms with van der Waals surface area (Å²) < 4.78 is 0. The molecule has 64 valence electrons. The summed E-state index contributed by atoms with van der Waals surface area (Å²) in [6.07, 6.45) is 4.30.